The zero-order chi connectivity index (χ0) is 20.8. The van der Waals surface area contributed by atoms with Crippen molar-refractivity contribution in [2.75, 3.05) is 17.7 Å². The van der Waals surface area contributed by atoms with Gasteiger partial charge in [-0.3, -0.25) is 4.79 Å². The third kappa shape index (κ3) is 4.76. The Morgan fingerprint density at radius 1 is 0.967 bits per heavy atom. The van der Waals surface area contributed by atoms with Gasteiger partial charge < -0.3 is 15.4 Å². The fourth-order valence-electron chi connectivity index (χ4n) is 3.82. The standard InChI is InChI=1S/C24H26N4O2/c1-30-22-10-6-5-9-20(22)21-15-23(26-16-25-21)27-18-11-13-19(14-12-18)28-24(29)17-7-3-2-4-8-17/h5-6,9-17H,2-4,7-8H2,1H3,(H,28,29)(H,25,26,27). The molecule has 1 heterocycles. The van der Waals surface area contributed by atoms with Crippen molar-refractivity contribution in [2.45, 2.75) is 32.1 Å². The van der Waals surface area contributed by atoms with E-state index in [-0.39, 0.29) is 11.8 Å². The number of ether oxygens (including phenoxy) is 1. The summed E-state index contributed by atoms with van der Waals surface area (Å²) in [6, 6.07) is 17.3. The van der Waals surface area contributed by atoms with Crippen molar-refractivity contribution in [3.63, 3.8) is 0 Å². The van der Waals surface area contributed by atoms with Crippen LogP contribution in [0.15, 0.2) is 60.9 Å². The molecule has 1 aliphatic carbocycles. The highest BCUT2D eigenvalue weighted by atomic mass is 16.5. The summed E-state index contributed by atoms with van der Waals surface area (Å²) in [5, 5.41) is 6.33. The minimum atomic E-state index is 0.132. The smallest absolute Gasteiger partial charge is 0.227 e. The second-order valence-corrected chi connectivity index (χ2v) is 7.52. The van der Waals surface area contributed by atoms with E-state index in [0.29, 0.717) is 5.82 Å². The number of hydrogen-bond donors (Lipinski definition) is 2. The minimum Gasteiger partial charge on any atom is -0.496 e. The molecule has 4 rings (SSSR count). The van der Waals surface area contributed by atoms with Crippen molar-refractivity contribution in [3.05, 3.63) is 60.9 Å². The van der Waals surface area contributed by atoms with E-state index in [1.807, 2.05) is 54.6 Å². The van der Waals surface area contributed by atoms with Gasteiger partial charge >= 0.3 is 0 Å². The molecule has 0 saturated heterocycles. The van der Waals surface area contributed by atoms with Gasteiger partial charge in [0, 0.05) is 28.9 Å². The van der Waals surface area contributed by atoms with Crippen molar-refractivity contribution in [1.29, 1.82) is 0 Å². The van der Waals surface area contributed by atoms with Crippen LogP contribution in [0.25, 0.3) is 11.3 Å². The lowest BCUT2D eigenvalue weighted by Gasteiger charge is -2.20. The van der Waals surface area contributed by atoms with E-state index in [1.54, 1.807) is 7.11 Å². The monoisotopic (exact) mass is 402 g/mol. The Bertz CT molecular complexity index is 998. The number of methoxy groups -OCH3 is 1. The SMILES string of the molecule is COc1ccccc1-c1cc(Nc2ccc(NC(=O)C3CCCCC3)cc2)ncn1. The van der Waals surface area contributed by atoms with Crippen molar-refractivity contribution in [3.8, 4) is 17.0 Å². The first kappa shape index (κ1) is 19.9. The van der Waals surface area contributed by atoms with Gasteiger partial charge in [-0.05, 0) is 49.2 Å². The highest BCUT2D eigenvalue weighted by Crippen LogP contribution is 2.29. The van der Waals surface area contributed by atoms with Crippen LogP contribution in [0.1, 0.15) is 32.1 Å². The summed E-state index contributed by atoms with van der Waals surface area (Å²) in [6.45, 7) is 0. The summed E-state index contributed by atoms with van der Waals surface area (Å²) in [7, 11) is 1.65. The molecule has 0 spiro atoms. The number of aromatic nitrogens is 2. The molecule has 2 aromatic carbocycles. The van der Waals surface area contributed by atoms with Gasteiger partial charge in [0.2, 0.25) is 5.91 Å². The van der Waals surface area contributed by atoms with Crippen molar-refractivity contribution >= 4 is 23.1 Å². The number of benzene rings is 2. The molecule has 1 aromatic heterocycles. The summed E-state index contributed by atoms with van der Waals surface area (Å²) >= 11 is 0. The highest BCUT2D eigenvalue weighted by molar-refractivity contribution is 5.92. The van der Waals surface area contributed by atoms with Gasteiger partial charge in [-0.25, -0.2) is 9.97 Å². The summed E-state index contributed by atoms with van der Waals surface area (Å²) in [4.78, 5) is 21.1. The summed E-state index contributed by atoms with van der Waals surface area (Å²) in [6.07, 6.45) is 7.06. The van der Waals surface area contributed by atoms with E-state index >= 15 is 0 Å². The van der Waals surface area contributed by atoms with Gasteiger partial charge in [0.15, 0.2) is 0 Å². The average Bonchev–Trinajstić information content (AvgIpc) is 2.81. The van der Waals surface area contributed by atoms with Crippen LogP contribution in [0.4, 0.5) is 17.2 Å². The maximum Gasteiger partial charge on any atom is 0.227 e. The Morgan fingerprint density at radius 2 is 1.70 bits per heavy atom. The number of rotatable bonds is 6. The minimum absolute atomic E-state index is 0.132. The Labute approximate surface area is 176 Å². The Kier molecular flexibility index (Phi) is 6.23. The molecule has 3 aromatic rings. The molecule has 1 fully saturated rings. The third-order valence-electron chi connectivity index (χ3n) is 5.45. The Morgan fingerprint density at radius 3 is 2.47 bits per heavy atom. The summed E-state index contributed by atoms with van der Waals surface area (Å²) in [5.74, 6) is 1.73. The fraction of sp³-hybridized carbons (Fsp3) is 0.292. The number of amides is 1. The lowest BCUT2D eigenvalue weighted by Crippen LogP contribution is -2.24. The highest BCUT2D eigenvalue weighted by Gasteiger charge is 2.20. The van der Waals surface area contributed by atoms with E-state index in [1.165, 1.54) is 12.7 Å². The second-order valence-electron chi connectivity index (χ2n) is 7.52. The predicted octanol–water partition coefficient (Wildman–Crippen LogP) is 5.41. The molecule has 0 bridgehead atoms. The molecule has 1 aliphatic rings. The molecular formula is C24H26N4O2. The number of nitrogens with one attached hydrogen (secondary N) is 2. The van der Waals surface area contributed by atoms with Crippen LogP contribution < -0.4 is 15.4 Å². The maximum atomic E-state index is 12.4. The normalized spacial score (nSPS) is 14.2. The van der Waals surface area contributed by atoms with Crippen LogP contribution >= 0.6 is 0 Å². The number of carbonyl (C=O) groups is 1. The fourth-order valence-corrected chi connectivity index (χ4v) is 3.82. The van der Waals surface area contributed by atoms with Crippen LogP contribution in [-0.2, 0) is 4.79 Å². The molecular weight excluding hydrogens is 376 g/mol. The average molecular weight is 402 g/mol. The number of hydrogen-bond acceptors (Lipinski definition) is 5. The zero-order valence-electron chi connectivity index (χ0n) is 17.1. The molecule has 1 saturated carbocycles. The Hall–Kier alpha value is -3.41. The molecule has 30 heavy (non-hydrogen) atoms. The van der Waals surface area contributed by atoms with E-state index in [2.05, 4.69) is 20.6 Å². The molecule has 2 N–H and O–H groups in total. The molecule has 6 heteroatoms. The quantitative estimate of drug-likeness (QED) is 0.576. The number of carbonyl (C=O) groups excluding carboxylic acids is 1. The molecule has 0 aliphatic heterocycles. The van der Waals surface area contributed by atoms with E-state index in [0.717, 1.165) is 54.1 Å². The number of para-hydroxylation sites is 1. The lowest BCUT2D eigenvalue weighted by molar-refractivity contribution is -0.120. The number of anilines is 3. The van der Waals surface area contributed by atoms with Crippen molar-refractivity contribution in [2.24, 2.45) is 5.92 Å². The molecule has 6 nitrogen and oxygen atoms in total. The van der Waals surface area contributed by atoms with Gasteiger partial charge in [0.05, 0.1) is 12.8 Å². The van der Waals surface area contributed by atoms with Crippen LogP contribution in [0.3, 0.4) is 0 Å². The topological polar surface area (TPSA) is 76.1 Å². The number of nitrogens with zero attached hydrogens (tertiary/aromatic N) is 2. The molecule has 154 valence electrons. The first-order valence-corrected chi connectivity index (χ1v) is 10.4. The van der Waals surface area contributed by atoms with E-state index in [4.69, 9.17) is 4.74 Å². The van der Waals surface area contributed by atoms with Gasteiger partial charge in [-0.15, -0.1) is 0 Å². The van der Waals surface area contributed by atoms with Gasteiger partial charge in [0.25, 0.3) is 0 Å². The molecule has 0 unspecified atom stereocenters. The van der Waals surface area contributed by atoms with Crippen molar-refractivity contribution in [1.82, 2.24) is 9.97 Å². The lowest BCUT2D eigenvalue weighted by atomic mass is 9.88. The third-order valence-corrected chi connectivity index (χ3v) is 5.45. The predicted molar refractivity (Wildman–Crippen MR) is 119 cm³/mol. The largest absolute Gasteiger partial charge is 0.496 e. The van der Waals surface area contributed by atoms with Crippen LogP contribution in [-0.4, -0.2) is 23.0 Å². The van der Waals surface area contributed by atoms with Gasteiger partial charge in [-0.1, -0.05) is 31.4 Å². The van der Waals surface area contributed by atoms with Gasteiger partial charge in [0.1, 0.15) is 17.9 Å². The Balaban J connectivity index is 1.43. The van der Waals surface area contributed by atoms with Crippen LogP contribution in [0, 0.1) is 5.92 Å². The molecule has 1 amide bonds. The summed E-state index contributed by atoms with van der Waals surface area (Å²) < 4.78 is 5.43. The molecule has 0 radical (unpaired) electrons. The van der Waals surface area contributed by atoms with E-state index in [9.17, 15) is 4.79 Å². The molecule has 0 atom stereocenters. The maximum absolute atomic E-state index is 12.4. The van der Waals surface area contributed by atoms with Gasteiger partial charge in [-0.2, -0.15) is 0 Å². The van der Waals surface area contributed by atoms with Crippen LogP contribution in [0.2, 0.25) is 0 Å². The van der Waals surface area contributed by atoms with Crippen LogP contribution in [0.5, 0.6) is 5.75 Å². The van der Waals surface area contributed by atoms with E-state index < -0.39 is 0 Å². The second kappa shape index (κ2) is 9.39. The van der Waals surface area contributed by atoms with Crippen molar-refractivity contribution < 1.29 is 9.53 Å². The summed E-state index contributed by atoms with van der Waals surface area (Å²) in [5.41, 5.74) is 3.39. The first-order chi connectivity index (χ1) is 14.7. The zero-order valence-corrected chi connectivity index (χ0v) is 17.1. The first-order valence-electron chi connectivity index (χ1n) is 10.4.